The maximum atomic E-state index is 5.91. The molecule has 1 atom stereocenters. The molecule has 1 N–H and O–H groups in total. The molecule has 1 aliphatic rings. The van der Waals surface area contributed by atoms with Gasteiger partial charge >= 0.3 is 0 Å². The Labute approximate surface area is 138 Å². The van der Waals surface area contributed by atoms with Crippen LogP contribution in [-0.2, 0) is 11.3 Å². The molecule has 1 fully saturated rings. The summed E-state index contributed by atoms with van der Waals surface area (Å²) in [6.07, 6.45) is 2.05. The van der Waals surface area contributed by atoms with E-state index in [9.17, 15) is 0 Å². The van der Waals surface area contributed by atoms with Crippen molar-refractivity contribution < 1.29 is 9.15 Å². The van der Waals surface area contributed by atoms with Crippen LogP contribution in [0.3, 0.4) is 0 Å². The second-order valence-electron chi connectivity index (χ2n) is 5.83. The molecule has 0 radical (unpaired) electrons. The second-order valence-corrected chi connectivity index (χ2v) is 6.61. The highest BCUT2D eigenvalue weighted by atomic mass is 32.1. The van der Waals surface area contributed by atoms with E-state index < -0.39 is 0 Å². The van der Waals surface area contributed by atoms with Gasteiger partial charge in [0, 0.05) is 25.2 Å². The van der Waals surface area contributed by atoms with Gasteiger partial charge in [-0.05, 0) is 41.4 Å². The number of nitrogens with zero attached hydrogens (tertiary/aromatic N) is 2. The van der Waals surface area contributed by atoms with Gasteiger partial charge in [-0.1, -0.05) is 0 Å². The summed E-state index contributed by atoms with van der Waals surface area (Å²) in [6, 6.07) is 6.11. The van der Waals surface area contributed by atoms with E-state index in [-0.39, 0.29) is 6.10 Å². The van der Waals surface area contributed by atoms with Crippen LogP contribution in [0, 0.1) is 6.92 Å². The van der Waals surface area contributed by atoms with E-state index in [1.807, 2.05) is 25.3 Å². The Balaban J connectivity index is 1.49. The van der Waals surface area contributed by atoms with Crippen molar-refractivity contribution in [3.8, 4) is 11.5 Å². The zero-order valence-electron chi connectivity index (χ0n) is 13.0. The molecule has 0 bridgehead atoms. The maximum Gasteiger partial charge on any atom is 0.152 e. The van der Waals surface area contributed by atoms with Gasteiger partial charge in [0.05, 0.1) is 18.9 Å². The van der Waals surface area contributed by atoms with Crippen molar-refractivity contribution in [2.24, 2.45) is 0 Å². The minimum Gasteiger partial charge on any atom is -0.460 e. The zero-order chi connectivity index (χ0) is 15.6. The molecular formula is C17H19N3O2S. The van der Waals surface area contributed by atoms with E-state index in [1.54, 1.807) is 11.3 Å². The topological polar surface area (TPSA) is 54.3 Å². The predicted molar refractivity (Wildman–Crippen MR) is 89.3 cm³/mol. The molecule has 6 heteroatoms. The molecule has 0 spiro atoms. The average Bonchev–Trinajstić information content (AvgIpc) is 3.28. The average molecular weight is 329 g/mol. The van der Waals surface area contributed by atoms with E-state index in [2.05, 4.69) is 31.9 Å². The van der Waals surface area contributed by atoms with Gasteiger partial charge in [0.2, 0.25) is 0 Å². The molecule has 0 unspecified atom stereocenters. The van der Waals surface area contributed by atoms with Crippen LogP contribution in [0.25, 0.3) is 11.5 Å². The van der Waals surface area contributed by atoms with Gasteiger partial charge in [0.25, 0.3) is 0 Å². The van der Waals surface area contributed by atoms with Crippen LogP contribution in [0.4, 0.5) is 0 Å². The molecule has 0 amide bonds. The molecule has 23 heavy (non-hydrogen) atoms. The third-order valence-corrected chi connectivity index (χ3v) is 4.87. The quantitative estimate of drug-likeness (QED) is 0.794. The maximum absolute atomic E-state index is 5.91. The number of morpholine rings is 1. The van der Waals surface area contributed by atoms with Crippen molar-refractivity contribution in [3.05, 3.63) is 52.0 Å². The molecular weight excluding hydrogens is 310 g/mol. The van der Waals surface area contributed by atoms with E-state index >= 15 is 0 Å². The van der Waals surface area contributed by atoms with Crippen LogP contribution in [0.5, 0.6) is 0 Å². The summed E-state index contributed by atoms with van der Waals surface area (Å²) >= 11 is 1.72. The Morgan fingerprint density at radius 1 is 1.39 bits per heavy atom. The summed E-state index contributed by atoms with van der Waals surface area (Å²) in [5.74, 6) is 1.75. The molecule has 0 aromatic carbocycles. The lowest BCUT2D eigenvalue weighted by Gasteiger charge is -2.32. The minimum absolute atomic E-state index is 0.163. The fourth-order valence-corrected chi connectivity index (χ4v) is 3.66. The lowest BCUT2D eigenvalue weighted by Crippen LogP contribution is -2.37. The van der Waals surface area contributed by atoms with Crippen molar-refractivity contribution >= 4 is 11.3 Å². The number of aromatic amines is 1. The van der Waals surface area contributed by atoms with Gasteiger partial charge in [0.15, 0.2) is 5.76 Å². The normalized spacial score (nSPS) is 19.3. The van der Waals surface area contributed by atoms with Crippen molar-refractivity contribution in [2.75, 3.05) is 19.7 Å². The highest BCUT2D eigenvalue weighted by molar-refractivity contribution is 7.07. The van der Waals surface area contributed by atoms with Crippen LogP contribution in [-0.4, -0.2) is 34.8 Å². The lowest BCUT2D eigenvalue weighted by molar-refractivity contribution is -0.0326. The summed E-state index contributed by atoms with van der Waals surface area (Å²) < 4.78 is 11.6. The van der Waals surface area contributed by atoms with Crippen molar-refractivity contribution in [2.45, 2.75) is 19.6 Å². The number of rotatable bonds is 4. The Hall–Kier alpha value is -1.89. The molecule has 1 saturated heterocycles. The molecule has 3 aromatic rings. The molecule has 3 aromatic heterocycles. The van der Waals surface area contributed by atoms with E-state index in [0.717, 1.165) is 49.0 Å². The Morgan fingerprint density at radius 3 is 3.13 bits per heavy atom. The Bertz CT molecular complexity index is 763. The largest absolute Gasteiger partial charge is 0.460 e. The van der Waals surface area contributed by atoms with Gasteiger partial charge in [-0.3, -0.25) is 10.00 Å². The van der Waals surface area contributed by atoms with Crippen LogP contribution >= 0.6 is 11.3 Å². The number of thiophene rings is 1. The number of nitrogens with one attached hydrogen (secondary N) is 1. The van der Waals surface area contributed by atoms with Crippen molar-refractivity contribution in [1.29, 1.82) is 0 Å². The first-order valence-corrected chi connectivity index (χ1v) is 8.69. The standard InChI is InChI=1S/C17H19N3O2S/c1-12-2-3-15(22-12)17-14(8-18-19-17)9-20-5-6-21-16(10-20)13-4-7-23-11-13/h2-4,7-8,11,16H,5-6,9-10H2,1H3,(H,18,19)/t16-/m0/s1. The number of aromatic nitrogens is 2. The van der Waals surface area contributed by atoms with Crippen LogP contribution in [0.15, 0.2) is 39.6 Å². The van der Waals surface area contributed by atoms with Gasteiger partial charge in [-0.25, -0.2) is 0 Å². The number of furan rings is 1. The SMILES string of the molecule is Cc1ccc(-c2[nH]ncc2CN2CCO[C@H](c3ccsc3)C2)o1. The Kier molecular flexibility index (Phi) is 4.03. The van der Waals surface area contributed by atoms with Gasteiger partial charge in [0.1, 0.15) is 11.5 Å². The van der Waals surface area contributed by atoms with Crippen LogP contribution in [0.1, 0.15) is 23.0 Å². The monoisotopic (exact) mass is 329 g/mol. The Morgan fingerprint density at radius 2 is 2.35 bits per heavy atom. The molecule has 4 rings (SSSR count). The van der Waals surface area contributed by atoms with E-state index in [1.165, 1.54) is 5.56 Å². The molecule has 1 aliphatic heterocycles. The molecule has 5 nitrogen and oxygen atoms in total. The smallest absolute Gasteiger partial charge is 0.152 e. The van der Waals surface area contributed by atoms with Gasteiger partial charge in [-0.15, -0.1) is 0 Å². The van der Waals surface area contributed by atoms with Crippen LogP contribution < -0.4 is 0 Å². The van der Waals surface area contributed by atoms with Gasteiger partial charge in [-0.2, -0.15) is 16.4 Å². The second kappa shape index (κ2) is 6.31. The van der Waals surface area contributed by atoms with E-state index in [4.69, 9.17) is 9.15 Å². The highest BCUT2D eigenvalue weighted by Crippen LogP contribution is 2.28. The lowest BCUT2D eigenvalue weighted by atomic mass is 10.1. The summed E-state index contributed by atoms with van der Waals surface area (Å²) in [4.78, 5) is 2.41. The molecule has 4 heterocycles. The minimum atomic E-state index is 0.163. The third kappa shape index (κ3) is 3.10. The van der Waals surface area contributed by atoms with Crippen molar-refractivity contribution in [1.82, 2.24) is 15.1 Å². The third-order valence-electron chi connectivity index (χ3n) is 4.16. The number of aryl methyl sites for hydroxylation is 1. The molecule has 120 valence electrons. The number of hydrogen-bond acceptors (Lipinski definition) is 5. The fraction of sp³-hybridized carbons (Fsp3) is 0.353. The molecule has 0 aliphatic carbocycles. The first-order valence-electron chi connectivity index (χ1n) is 7.75. The van der Waals surface area contributed by atoms with E-state index in [0.29, 0.717) is 0 Å². The van der Waals surface area contributed by atoms with Gasteiger partial charge < -0.3 is 9.15 Å². The summed E-state index contributed by atoms with van der Waals surface area (Å²) in [7, 11) is 0. The molecule has 0 saturated carbocycles. The summed E-state index contributed by atoms with van der Waals surface area (Å²) in [5.41, 5.74) is 3.40. The summed E-state index contributed by atoms with van der Waals surface area (Å²) in [5, 5.41) is 11.5. The fourth-order valence-electron chi connectivity index (χ4n) is 2.96. The number of hydrogen-bond donors (Lipinski definition) is 1. The van der Waals surface area contributed by atoms with Crippen LogP contribution in [0.2, 0.25) is 0 Å². The first-order chi connectivity index (χ1) is 11.3. The summed E-state index contributed by atoms with van der Waals surface area (Å²) in [6.45, 7) is 5.39. The number of H-pyrrole nitrogens is 1. The zero-order valence-corrected chi connectivity index (χ0v) is 13.8. The highest BCUT2D eigenvalue weighted by Gasteiger charge is 2.23. The predicted octanol–water partition coefficient (Wildman–Crippen LogP) is 3.61. The first kappa shape index (κ1) is 14.7. The number of ether oxygens (including phenoxy) is 1. The van der Waals surface area contributed by atoms with Crippen molar-refractivity contribution in [3.63, 3.8) is 0 Å².